The Morgan fingerprint density at radius 2 is 1.79 bits per heavy atom. The second-order valence-corrected chi connectivity index (χ2v) is 6.55. The molecule has 2 aromatic rings. The second kappa shape index (κ2) is 6.95. The van der Waals surface area contributed by atoms with Crippen LogP contribution in [0, 0.1) is 6.92 Å². The summed E-state index contributed by atoms with van der Waals surface area (Å²) in [6, 6.07) is 5.73. The summed E-state index contributed by atoms with van der Waals surface area (Å²) in [5.41, 5.74) is 3.05. The minimum absolute atomic E-state index is 0.137. The highest BCUT2D eigenvalue weighted by Gasteiger charge is 2.19. The molecule has 130 valence electrons. The van der Waals surface area contributed by atoms with Gasteiger partial charge >= 0.3 is 0 Å². The van der Waals surface area contributed by atoms with Gasteiger partial charge < -0.3 is 14.2 Å². The molecule has 1 aromatic heterocycles. The highest BCUT2D eigenvalue weighted by atomic mass is 16.5. The van der Waals surface area contributed by atoms with E-state index < -0.39 is 0 Å². The standard InChI is InChI=1S/C19H27N3O2/c1-5-21-8-10-22(11-9-21)13-17-14(2)20(3)18-7-6-15(24-4)12-16(18)19(17)23/h6-7,12H,5,8-11,13H2,1-4H3. The highest BCUT2D eigenvalue weighted by molar-refractivity contribution is 5.81. The molecule has 0 unspecified atom stereocenters. The summed E-state index contributed by atoms with van der Waals surface area (Å²) in [6.07, 6.45) is 0. The van der Waals surface area contributed by atoms with Crippen molar-refractivity contribution in [3.05, 3.63) is 39.7 Å². The number of hydrogen-bond acceptors (Lipinski definition) is 4. The van der Waals surface area contributed by atoms with Gasteiger partial charge in [-0.15, -0.1) is 0 Å². The molecule has 2 heterocycles. The molecule has 0 saturated carbocycles. The summed E-state index contributed by atoms with van der Waals surface area (Å²) >= 11 is 0. The summed E-state index contributed by atoms with van der Waals surface area (Å²) < 4.78 is 7.42. The Morgan fingerprint density at radius 3 is 2.42 bits per heavy atom. The van der Waals surface area contributed by atoms with Crippen molar-refractivity contribution in [3.63, 3.8) is 0 Å². The van der Waals surface area contributed by atoms with E-state index in [1.165, 1.54) is 0 Å². The summed E-state index contributed by atoms with van der Waals surface area (Å²) in [7, 11) is 3.66. The van der Waals surface area contributed by atoms with E-state index in [2.05, 4.69) is 21.3 Å². The molecular weight excluding hydrogens is 302 g/mol. The highest BCUT2D eigenvalue weighted by Crippen LogP contribution is 2.21. The molecule has 3 rings (SSSR count). The molecule has 1 saturated heterocycles. The van der Waals surface area contributed by atoms with E-state index in [9.17, 15) is 4.79 Å². The maximum atomic E-state index is 13.1. The number of nitrogens with zero attached hydrogens (tertiary/aromatic N) is 3. The van der Waals surface area contributed by atoms with Crippen LogP contribution in [-0.2, 0) is 13.6 Å². The van der Waals surface area contributed by atoms with Crippen LogP contribution in [0.1, 0.15) is 18.2 Å². The number of benzene rings is 1. The molecule has 1 aliphatic heterocycles. The van der Waals surface area contributed by atoms with Gasteiger partial charge in [0, 0.05) is 56.4 Å². The van der Waals surface area contributed by atoms with E-state index in [-0.39, 0.29) is 5.43 Å². The molecule has 0 aliphatic carbocycles. The van der Waals surface area contributed by atoms with Gasteiger partial charge in [-0.25, -0.2) is 0 Å². The van der Waals surface area contributed by atoms with Crippen LogP contribution in [0.25, 0.3) is 10.9 Å². The van der Waals surface area contributed by atoms with E-state index in [0.29, 0.717) is 0 Å². The molecule has 1 fully saturated rings. The summed E-state index contributed by atoms with van der Waals surface area (Å²) in [5.74, 6) is 0.728. The second-order valence-electron chi connectivity index (χ2n) is 6.55. The number of fused-ring (bicyclic) bond motifs is 1. The van der Waals surface area contributed by atoms with Crippen LogP contribution in [0.15, 0.2) is 23.0 Å². The van der Waals surface area contributed by atoms with Crippen molar-refractivity contribution in [2.24, 2.45) is 7.05 Å². The van der Waals surface area contributed by atoms with Gasteiger partial charge in [0.1, 0.15) is 5.75 Å². The zero-order valence-electron chi connectivity index (χ0n) is 15.1. The van der Waals surface area contributed by atoms with Crippen molar-refractivity contribution < 1.29 is 4.74 Å². The van der Waals surface area contributed by atoms with Crippen LogP contribution >= 0.6 is 0 Å². The SMILES string of the molecule is CCN1CCN(Cc2c(C)n(C)c3ccc(OC)cc3c2=O)CC1. The van der Waals surface area contributed by atoms with E-state index in [0.717, 1.165) is 67.2 Å². The maximum Gasteiger partial charge on any atom is 0.194 e. The molecule has 0 bridgehead atoms. The first-order valence-corrected chi connectivity index (χ1v) is 8.66. The number of ether oxygens (including phenoxy) is 1. The van der Waals surface area contributed by atoms with Gasteiger partial charge in [-0.1, -0.05) is 6.92 Å². The fourth-order valence-corrected chi connectivity index (χ4v) is 3.50. The lowest BCUT2D eigenvalue weighted by Crippen LogP contribution is -2.46. The van der Waals surface area contributed by atoms with Gasteiger partial charge in [0.2, 0.25) is 0 Å². The number of piperazine rings is 1. The number of rotatable bonds is 4. The predicted octanol–water partition coefficient (Wildman–Crippen LogP) is 1.99. The zero-order chi connectivity index (χ0) is 17.3. The Morgan fingerprint density at radius 1 is 1.12 bits per heavy atom. The van der Waals surface area contributed by atoms with Gasteiger partial charge in [0.25, 0.3) is 0 Å². The van der Waals surface area contributed by atoms with Gasteiger partial charge in [0.15, 0.2) is 5.43 Å². The van der Waals surface area contributed by atoms with Crippen LogP contribution in [-0.4, -0.2) is 54.2 Å². The predicted molar refractivity (Wildman–Crippen MR) is 97.9 cm³/mol. The molecular formula is C19H27N3O2. The molecule has 1 aliphatic rings. The zero-order valence-corrected chi connectivity index (χ0v) is 15.1. The Kier molecular flexibility index (Phi) is 4.92. The van der Waals surface area contributed by atoms with Gasteiger partial charge in [0.05, 0.1) is 12.6 Å². The monoisotopic (exact) mass is 329 g/mol. The Bertz CT molecular complexity index is 789. The van der Waals surface area contributed by atoms with Crippen molar-refractivity contribution in [3.8, 4) is 5.75 Å². The smallest absolute Gasteiger partial charge is 0.194 e. The molecule has 0 radical (unpaired) electrons. The van der Waals surface area contributed by atoms with Crippen molar-refractivity contribution in [2.75, 3.05) is 39.8 Å². The first-order valence-electron chi connectivity index (χ1n) is 8.66. The molecule has 24 heavy (non-hydrogen) atoms. The summed E-state index contributed by atoms with van der Waals surface area (Å²) in [6.45, 7) is 10.3. The van der Waals surface area contributed by atoms with Gasteiger partial charge in [-0.3, -0.25) is 9.69 Å². The quantitative estimate of drug-likeness (QED) is 0.860. The number of methoxy groups -OCH3 is 1. The first kappa shape index (κ1) is 17.0. The van der Waals surface area contributed by atoms with Crippen molar-refractivity contribution >= 4 is 10.9 Å². The third kappa shape index (κ3) is 3.06. The number of aromatic nitrogens is 1. The van der Waals surface area contributed by atoms with E-state index in [4.69, 9.17) is 4.74 Å². The number of pyridine rings is 1. The van der Waals surface area contributed by atoms with E-state index in [1.54, 1.807) is 7.11 Å². The average Bonchev–Trinajstić information content (AvgIpc) is 2.63. The lowest BCUT2D eigenvalue weighted by atomic mass is 10.1. The van der Waals surface area contributed by atoms with Crippen LogP contribution in [0.3, 0.4) is 0 Å². The molecule has 0 atom stereocenters. The maximum absolute atomic E-state index is 13.1. The lowest BCUT2D eigenvalue weighted by Gasteiger charge is -2.34. The van der Waals surface area contributed by atoms with Crippen LogP contribution in [0.4, 0.5) is 0 Å². The average molecular weight is 329 g/mol. The van der Waals surface area contributed by atoms with Crippen molar-refractivity contribution in [1.29, 1.82) is 0 Å². The van der Waals surface area contributed by atoms with E-state index in [1.807, 2.05) is 32.2 Å². The Hall–Kier alpha value is -1.85. The number of likely N-dealkylation sites (N-methyl/N-ethyl adjacent to an activating group) is 1. The van der Waals surface area contributed by atoms with Crippen LogP contribution < -0.4 is 10.2 Å². The fourth-order valence-electron chi connectivity index (χ4n) is 3.50. The minimum Gasteiger partial charge on any atom is -0.497 e. The molecule has 1 aromatic carbocycles. The third-order valence-corrected chi connectivity index (χ3v) is 5.32. The minimum atomic E-state index is 0.137. The van der Waals surface area contributed by atoms with E-state index >= 15 is 0 Å². The van der Waals surface area contributed by atoms with Crippen molar-refractivity contribution in [1.82, 2.24) is 14.4 Å². The molecule has 0 spiro atoms. The van der Waals surface area contributed by atoms with Gasteiger partial charge in [-0.05, 0) is 31.7 Å². The normalized spacial score (nSPS) is 16.7. The van der Waals surface area contributed by atoms with Crippen molar-refractivity contribution in [2.45, 2.75) is 20.4 Å². The molecule has 0 amide bonds. The number of hydrogen-bond donors (Lipinski definition) is 0. The fraction of sp³-hybridized carbons (Fsp3) is 0.526. The lowest BCUT2D eigenvalue weighted by molar-refractivity contribution is 0.131. The first-order chi connectivity index (χ1) is 11.5. The summed E-state index contributed by atoms with van der Waals surface area (Å²) in [5, 5.41) is 0.740. The summed E-state index contributed by atoms with van der Waals surface area (Å²) in [4.78, 5) is 17.9. The van der Waals surface area contributed by atoms with Gasteiger partial charge in [-0.2, -0.15) is 0 Å². The largest absolute Gasteiger partial charge is 0.497 e. The molecule has 5 heteroatoms. The Balaban J connectivity index is 1.97. The number of aryl methyl sites for hydroxylation is 1. The van der Waals surface area contributed by atoms with Crippen LogP contribution in [0.2, 0.25) is 0 Å². The molecule has 0 N–H and O–H groups in total. The van der Waals surface area contributed by atoms with Crippen LogP contribution in [0.5, 0.6) is 5.75 Å². The Labute approximate surface area is 143 Å². The topological polar surface area (TPSA) is 37.7 Å². The third-order valence-electron chi connectivity index (χ3n) is 5.32. The molecule has 5 nitrogen and oxygen atoms in total.